The average molecular weight is 489 g/mol. The van der Waals surface area contributed by atoms with Crippen LogP contribution in [0.15, 0.2) is 85.3 Å². The standard InChI is InChI=1S/C27H28N4O3S/c1-35(33,34)31(19-22-12-15-28-16-13-22)20-23-5-2-6-24(18-23)26-14-17-29-27(30-26)7-3-4-21-8-10-25(32)11-9-21/h2,5-6,8-18,32H,3-4,7,19-20H2,1H3. The fraction of sp³-hybridized carbons (Fsp3) is 0.222. The van der Waals surface area contributed by atoms with E-state index in [1.807, 2.05) is 54.6 Å². The Bertz CT molecular complexity index is 1360. The number of phenolic OH excluding ortho intramolecular Hbond substituents is 1. The first-order valence-electron chi connectivity index (χ1n) is 11.4. The van der Waals surface area contributed by atoms with Gasteiger partial charge in [0.2, 0.25) is 10.0 Å². The number of benzene rings is 2. The lowest BCUT2D eigenvalue weighted by Gasteiger charge is -2.20. The van der Waals surface area contributed by atoms with Crippen LogP contribution in [0.3, 0.4) is 0 Å². The van der Waals surface area contributed by atoms with Gasteiger partial charge in [-0.2, -0.15) is 4.31 Å². The quantitative estimate of drug-likeness (QED) is 0.356. The van der Waals surface area contributed by atoms with Crippen molar-refractivity contribution in [1.29, 1.82) is 0 Å². The molecule has 0 aliphatic heterocycles. The molecule has 35 heavy (non-hydrogen) atoms. The maximum Gasteiger partial charge on any atom is 0.211 e. The molecule has 1 N–H and O–H groups in total. The van der Waals surface area contributed by atoms with E-state index in [0.717, 1.165) is 53.0 Å². The molecular weight excluding hydrogens is 460 g/mol. The fourth-order valence-corrected chi connectivity index (χ4v) is 4.58. The minimum Gasteiger partial charge on any atom is -0.508 e. The van der Waals surface area contributed by atoms with Gasteiger partial charge in [0, 0.05) is 43.7 Å². The zero-order chi connectivity index (χ0) is 24.7. The van der Waals surface area contributed by atoms with Gasteiger partial charge in [0.05, 0.1) is 11.9 Å². The van der Waals surface area contributed by atoms with Crippen molar-refractivity contribution in [2.75, 3.05) is 6.26 Å². The zero-order valence-corrected chi connectivity index (χ0v) is 20.4. The molecular formula is C27H28N4O3S. The van der Waals surface area contributed by atoms with Crippen molar-refractivity contribution >= 4 is 10.0 Å². The Morgan fingerprint density at radius 2 is 1.57 bits per heavy atom. The number of nitrogens with zero attached hydrogens (tertiary/aromatic N) is 4. The summed E-state index contributed by atoms with van der Waals surface area (Å²) in [5.41, 5.74) is 4.65. The lowest BCUT2D eigenvalue weighted by Crippen LogP contribution is -2.29. The van der Waals surface area contributed by atoms with Crippen LogP contribution in [0, 0.1) is 0 Å². The molecule has 0 fully saturated rings. The number of phenols is 1. The van der Waals surface area contributed by atoms with Crippen LogP contribution >= 0.6 is 0 Å². The summed E-state index contributed by atoms with van der Waals surface area (Å²) >= 11 is 0. The van der Waals surface area contributed by atoms with E-state index in [1.54, 1.807) is 30.7 Å². The maximum absolute atomic E-state index is 12.4. The summed E-state index contributed by atoms with van der Waals surface area (Å²) in [6.45, 7) is 0.545. The zero-order valence-electron chi connectivity index (χ0n) is 19.6. The van der Waals surface area contributed by atoms with E-state index >= 15 is 0 Å². The van der Waals surface area contributed by atoms with Crippen LogP contribution in [0.25, 0.3) is 11.3 Å². The molecule has 7 nitrogen and oxygen atoms in total. The second kappa shape index (κ2) is 11.2. The van der Waals surface area contributed by atoms with Crippen molar-refractivity contribution in [2.24, 2.45) is 0 Å². The molecule has 0 unspecified atom stereocenters. The molecule has 0 saturated carbocycles. The summed E-state index contributed by atoms with van der Waals surface area (Å²) in [4.78, 5) is 13.2. The molecule has 0 spiro atoms. The molecule has 0 radical (unpaired) electrons. The molecule has 0 amide bonds. The van der Waals surface area contributed by atoms with E-state index in [9.17, 15) is 13.5 Å². The molecule has 2 aromatic heterocycles. The van der Waals surface area contributed by atoms with Crippen molar-refractivity contribution in [3.63, 3.8) is 0 Å². The molecule has 0 saturated heterocycles. The summed E-state index contributed by atoms with van der Waals surface area (Å²) in [6, 6.07) is 20.5. The summed E-state index contributed by atoms with van der Waals surface area (Å²) in [7, 11) is -3.41. The summed E-state index contributed by atoms with van der Waals surface area (Å²) in [5.74, 6) is 1.03. The number of hydrogen-bond acceptors (Lipinski definition) is 6. The van der Waals surface area contributed by atoms with Crippen LogP contribution in [0.1, 0.15) is 28.9 Å². The summed E-state index contributed by atoms with van der Waals surface area (Å²) < 4.78 is 26.3. The number of aromatic nitrogens is 3. The Hall–Kier alpha value is -3.62. The van der Waals surface area contributed by atoms with E-state index in [1.165, 1.54) is 10.6 Å². The maximum atomic E-state index is 12.4. The number of sulfonamides is 1. The first-order valence-corrected chi connectivity index (χ1v) is 13.2. The van der Waals surface area contributed by atoms with Crippen LogP contribution in [-0.2, 0) is 36.0 Å². The Kier molecular flexibility index (Phi) is 7.84. The highest BCUT2D eigenvalue weighted by Crippen LogP contribution is 2.21. The molecule has 4 rings (SSSR count). The molecule has 0 bridgehead atoms. The normalized spacial score (nSPS) is 11.6. The largest absolute Gasteiger partial charge is 0.508 e. The Morgan fingerprint density at radius 1 is 0.829 bits per heavy atom. The van der Waals surface area contributed by atoms with Gasteiger partial charge in [-0.05, 0) is 65.9 Å². The highest BCUT2D eigenvalue weighted by atomic mass is 32.2. The van der Waals surface area contributed by atoms with Crippen molar-refractivity contribution in [3.05, 3.63) is 108 Å². The first-order chi connectivity index (χ1) is 16.9. The van der Waals surface area contributed by atoms with E-state index < -0.39 is 10.0 Å². The number of aryl methyl sites for hydroxylation is 2. The second-order valence-electron chi connectivity index (χ2n) is 8.47. The summed E-state index contributed by atoms with van der Waals surface area (Å²) in [6.07, 6.45) is 8.82. The van der Waals surface area contributed by atoms with Gasteiger partial charge in [0.1, 0.15) is 11.6 Å². The second-order valence-corrected chi connectivity index (χ2v) is 10.4. The van der Waals surface area contributed by atoms with Crippen molar-refractivity contribution in [2.45, 2.75) is 32.4 Å². The van der Waals surface area contributed by atoms with Crippen LogP contribution in [0.4, 0.5) is 0 Å². The van der Waals surface area contributed by atoms with Gasteiger partial charge in [0.25, 0.3) is 0 Å². The lowest BCUT2D eigenvalue weighted by molar-refractivity contribution is 0.405. The van der Waals surface area contributed by atoms with E-state index in [4.69, 9.17) is 4.98 Å². The first kappa shape index (κ1) is 24.5. The van der Waals surface area contributed by atoms with E-state index in [2.05, 4.69) is 9.97 Å². The third kappa shape index (κ3) is 7.18. The van der Waals surface area contributed by atoms with Gasteiger partial charge < -0.3 is 5.11 Å². The van der Waals surface area contributed by atoms with Crippen LogP contribution < -0.4 is 0 Å². The van der Waals surface area contributed by atoms with Gasteiger partial charge >= 0.3 is 0 Å². The highest BCUT2D eigenvalue weighted by molar-refractivity contribution is 7.88. The fourth-order valence-electron chi connectivity index (χ4n) is 3.81. The van der Waals surface area contributed by atoms with E-state index in [0.29, 0.717) is 0 Å². The number of hydrogen-bond donors (Lipinski definition) is 1. The lowest BCUT2D eigenvalue weighted by atomic mass is 10.1. The van der Waals surface area contributed by atoms with E-state index in [-0.39, 0.29) is 18.8 Å². The van der Waals surface area contributed by atoms with Crippen LogP contribution in [0.2, 0.25) is 0 Å². The highest BCUT2D eigenvalue weighted by Gasteiger charge is 2.18. The Labute approximate surface area is 206 Å². The molecule has 2 aromatic carbocycles. The minimum atomic E-state index is -3.41. The summed E-state index contributed by atoms with van der Waals surface area (Å²) in [5, 5.41) is 9.42. The van der Waals surface area contributed by atoms with Crippen LogP contribution in [0.5, 0.6) is 5.75 Å². The minimum absolute atomic E-state index is 0.263. The Morgan fingerprint density at radius 3 is 2.31 bits per heavy atom. The predicted octanol–water partition coefficient (Wildman–Crippen LogP) is 4.38. The van der Waals surface area contributed by atoms with Crippen LogP contribution in [-0.4, -0.2) is 39.0 Å². The van der Waals surface area contributed by atoms with Gasteiger partial charge in [-0.15, -0.1) is 0 Å². The molecule has 0 aliphatic carbocycles. The van der Waals surface area contributed by atoms with Gasteiger partial charge in [-0.3, -0.25) is 4.98 Å². The third-order valence-electron chi connectivity index (χ3n) is 5.67. The molecule has 2 heterocycles. The van der Waals surface area contributed by atoms with Gasteiger partial charge in [0.15, 0.2) is 0 Å². The van der Waals surface area contributed by atoms with Crippen molar-refractivity contribution < 1.29 is 13.5 Å². The van der Waals surface area contributed by atoms with Gasteiger partial charge in [-0.1, -0.05) is 30.3 Å². The predicted molar refractivity (Wildman–Crippen MR) is 136 cm³/mol. The van der Waals surface area contributed by atoms with Gasteiger partial charge in [-0.25, -0.2) is 18.4 Å². The number of pyridine rings is 1. The third-order valence-corrected chi connectivity index (χ3v) is 6.86. The van der Waals surface area contributed by atoms with Crippen molar-refractivity contribution in [3.8, 4) is 17.0 Å². The monoisotopic (exact) mass is 488 g/mol. The topological polar surface area (TPSA) is 96.3 Å². The smallest absolute Gasteiger partial charge is 0.211 e. The molecule has 0 atom stereocenters. The molecule has 0 aliphatic rings. The SMILES string of the molecule is CS(=O)(=O)N(Cc1ccncc1)Cc1cccc(-c2ccnc(CCCc3ccc(O)cc3)n2)c1. The number of rotatable bonds is 10. The Balaban J connectivity index is 1.45. The number of aromatic hydroxyl groups is 1. The molecule has 180 valence electrons. The molecule has 4 aromatic rings. The average Bonchev–Trinajstić information content (AvgIpc) is 2.85. The molecule has 8 heteroatoms. The van der Waals surface area contributed by atoms with Crippen molar-refractivity contribution in [1.82, 2.24) is 19.3 Å².